The Bertz CT molecular complexity index is 837. The largest absolute Gasteiger partial charge is 0.493 e. The van der Waals surface area contributed by atoms with Crippen LogP contribution in [0.5, 0.6) is 17.2 Å². The van der Waals surface area contributed by atoms with Crippen molar-refractivity contribution in [1.29, 1.82) is 0 Å². The summed E-state index contributed by atoms with van der Waals surface area (Å²) in [4.78, 5) is 16.1. The number of benzene rings is 1. The molecule has 2 aromatic rings. The van der Waals surface area contributed by atoms with E-state index >= 15 is 0 Å². The summed E-state index contributed by atoms with van der Waals surface area (Å²) in [5.41, 5.74) is 0.223. The molecule has 0 aliphatic carbocycles. The average molecular weight is 373 g/mol. The summed E-state index contributed by atoms with van der Waals surface area (Å²) >= 11 is 0.768. The van der Waals surface area contributed by atoms with Gasteiger partial charge in [0.2, 0.25) is 20.7 Å². The van der Waals surface area contributed by atoms with Gasteiger partial charge in [-0.05, 0) is 12.1 Å². The highest BCUT2D eigenvalue weighted by Gasteiger charge is 2.19. The Hall–Kier alpha value is -2.40. The maximum atomic E-state index is 12.3. The summed E-state index contributed by atoms with van der Waals surface area (Å²) in [5.74, 6) is 0.462. The van der Waals surface area contributed by atoms with Crippen LogP contribution in [0.1, 0.15) is 10.4 Å². The average Bonchev–Trinajstić information content (AvgIpc) is 3.01. The molecule has 130 valence electrons. The summed E-state index contributed by atoms with van der Waals surface area (Å²) < 4.78 is 42.0. The Kier molecular flexibility index (Phi) is 5.24. The van der Waals surface area contributed by atoms with E-state index in [-0.39, 0.29) is 15.9 Å². The van der Waals surface area contributed by atoms with E-state index in [1.165, 1.54) is 33.5 Å². The van der Waals surface area contributed by atoms with Gasteiger partial charge in [-0.15, -0.1) is 0 Å². The third-order valence-corrected chi connectivity index (χ3v) is 4.48. The Morgan fingerprint density at radius 1 is 1.12 bits per heavy atom. The van der Waals surface area contributed by atoms with Crippen LogP contribution in [-0.2, 0) is 9.84 Å². The van der Waals surface area contributed by atoms with Crippen molar-refractivity contribution in [1.82, 2.24) is 9.36 Å². The predicted molar refractivity (Wildman–Crippen MR) is 87.1 cm³/mol. The molecule has 11 heteroatoms. The molecule has 1 heterocycles. The fourth-order valence-corrected chi connectivity index (χ4v) is 3.23. The van der Waals surface area contributed by atoms with Crippen LogP contribution in [0.2, 0.25) is 0 Å². The van der Waals surface area contributed by atoms with E-state index in [9.17, 15) is 13.2 Å². The highest BCUT2D eigenvalue weighted by Crippen LogP contribution is 2.38. The van der Waals surface area contributed by atoms with E-state index in [0.29, 0.717) is 17.2 Å². The molecule has 0 saturated heterocycles. The van der Waals surface area contributed by atoms with Gasteiger partial charge >= 0.3 is 0 Å². The lowest BCUT2D eigenvalue weighted by molar-refractivity contribution is 0.102. The fourth-order valence-electron chi connectivity index (χ4n) is 1.79. The monoisotopic (exact) mass is 373 g/mol. The number of hydrogen-bond acceptors (Lipinski definition) is 9. The molecule has 0 spiro atoms. The quantitative estimate of drug-likeness (QED) is 0.803. The number of hydrogen-bond donors (Lipinski definition) is 1. The molecule has 1 aromatic carbocycles. The van der Waals surface area contributed by atoms with E-state index in [4.69, 9.17) is 14.2 Å². The van der Waals surface area contributed by atoms with Crippen LogP contribution in [0.25, 0.3) is 0 Å². The molecule has 2 rings (SSSR count). The summed E-state index contributed by atoms with van der Waals surface area (Å²) in [7, 11) is 0.785. The normalized spacial score (nSPS) is 11.0. The van der Waals surface area contributed by atoms with Crippen LogP contribution in [0.4, 0.5) is 5.13 Å². The molecular formula is C13H15N3O6S2. The van der Waals surface area contributed by atoms with Crippen molar-refractivity contribution in [2.75, 3.05) is 32.9 Å². The standard InChI is InChI=1S/C13H15N3O6S2/c1-20-8-5-7(6-9(21-2)10(8)22-3)11(17)14-12-15-13(16-23-12)24(4,18)19/h5-6H,1-4H3,(H,14,15,16,17). The Morgan fingerprint density at radius 2 is 1.71 bits per heavy atom. The maximum Gasteiger partial charge on any atom is 0.260 e. The first-order valence-electron chi connectivity index (χ1n) is 6.45. The van der Waals surface area contributed by atoms with Gasteiger partial charge in [0.15, 0.2) is 11.5 Å². The molecule has 24 heavy (non-hydrogen) atoms. The minimum atomic E-state index is -3.53. The van der Waals surface area contributed by atoms with Gasteiger partial charge in [-0.25, -0.2) is 8.42 Å². The molecule has 0 fully saturated rings. The zero-order valence-corrected chi connectivity index (χ0v) is 14.9. The van der Waals surface area contributed by atoms with Gasteiger partial charge in [0.25, 0.3) is 11.1 Å². The summed E-state index contributed by atoms with van der Waals surface area (Å²) in [6.45, 7) is 0. The lowest BCUT2D eigenvalue weighted by atomic mass is 10.1. The second-order valence-corrected chi connectivity index (χ2v) is 7.18. The molecule has 0 atom stereocenters. The van der Waals surface area contributed by atoms with Crippen LogP contribution in [0, 0.1) is 0 Å². The van der Waals surface area contributed by atoms with Gasteiger partial charge in [0.05, 0.1) is 21.3 Å². The number of anilines is 1. The molecule has 1 N–H and O–H groups in total. The summed E-state index contributed by atoms with van der Waals surface area (Å²) in [5, 5.41) is 2.20. The number of rotatable bonds is 6. The first-order chi connectivity index (χ1) is 11.3. The molecular weight excluding hydrogens is 358 g/mol. The van der Waals surface area contributed by atoms with E-state index < -0.39 is 15.7 Å². The fraction of sp³-hybridized carbons (Fsp3) is 0.308. The van der Waals surface area contributed by atoms with Crippen LogP contribution in [0.15, 0.2) is 17.3 Å². The van der Waals surface area contributed by atoms with Crippen molar-refractivity contribution in [3.8, 4) is 17.2 Å². The molecule has 0 radical (unpaired) electrons. The second kappa shape index (κ2) is 7.01. The molecule has 0 bridgehead atoms. The van der Waals surface area contributed by atoms with Crippen LogP contribution >= 0.6 is 11.5 Å². The highest BCUT2D eigenvalue weighted by atomic mass is 32.2. The Labute approximate surface area is 142 Å². The van der Waals surface area contributed by atoms with E-state index in [0.717, 1.165) is 17.8 Å². The molecule has 9 nitrogen and oxygen atoms in total. The van der Waals surface area contributed by atoms with Crippen LogP contribution in [0.3, 0.4) is 0 Å². The number of methoxy groups -OCH3 is 3. The number of nitrogens with zero attached hydrogens (tertiary/aromatic N) is 2. The van der Waals surface area contributed by atoms with Crippen molar-refractivity contribution in [3.05, 3.63) is 17.7 Å². The first kappa shape index (κ1) is 17.9. The van der Waals surface area contributed by atoms with Gasteiger partial charge in [0.1, 0.15) is 0 Å². The molecule has 0 aliphatic heterocycles. The number of nitrogens with one attached hydrogen (secondary N) is 1. The zero-order valence-electron chi connectivity index (χ0n) is 13.3. The summed E-state index contributed by atoms with van der Waals surface area (Å²) in [6.07, 6.45) is 0.986. The number of aromatic nitrogens is 2. The zero-order chi connectivity index (χ0) is 17.9. The predicted octanol–water partition coefficient (Wildman–Crippen LogP) is 1.22. The van der Waals surface area contributed by atoms with Crippen LogP contribution in [-0.4, -0.2) is 51.3 Å². The minimum absolute atomic E-state index is 0.0641. The third kappa shape index (κ3) is 3.74. The van der Waals surface area contributed by atoms with E-state index in [1.807, 2.05) is 0 Å². The van der Waals surface area contributed by atoms with Gasteiger partial charge in [-0.3, -0.25) is 10.1 Å². The van der Waals surface area contributed by atoms with Gasteiger partial charge in [0, 0.05) is 23.4 Å². The Morgan fingerprint density at radius 3 is 2.12 bits per heavy atom. The highest BCUT2D eigenvalue weighted by molar-refractivity contribution is 7.90. The van der Waals surface area contributed by atoms with Gasteiger partial charge < -0.3 is 14.2 Å². The smallest absolute Gasteiger partial charge is 0.260 e. The molecule has 0 saturated carbocycles. The number of amides is 1. The molecule has 1 aromatic heterocycles. The molecule has 1 amide bonds. The van der Waals surface area contributed by atoms with Crippen molar-refractivity contribution in [2.45, 2.75) is 5.16 Å². The van der Waals surface area contributed by atoms with Crippen molar-refractivity contribution >= 4 is 32.4 Å². The lowest BCUT2D eigenvalue weighted by Gasteiger charge is -2.13. The number of sulfone groups is 1. The number of carbonyl (C=O) groups is 1. The maximum absolute atomic E-state index is 12.3. The van der Waals surface area contributed by atoms with Crippen molar-refractivity contribution in [2.24, 2.45) is 0 Å². The van der Waals surface area contributed by atoms with E-state index in [2.05, 4.69) is 14.7 Å². The number of carbonyl (C=O) groups excluding carboxylic acids is 1. The van der Waals surface area contributed by atoms with E-state index in [1.54, 1.807) is 0 Å². The molecule has 0 aliphatic rings. The SMILES string of the molecule is COc1cc(C(=O)Nc2nc(S(C)(=O)=O)ns2)cc(OC)c1OC. The first-order valence-corrected chi connectivity index (χ1v) is 9.11. The lowest BCUT2D eigenvalue weighted by Crippen LogP contribution is -2.12. The third-order valence-electron chi connectivity index (χ3n) is 2.89. The van der Waals surface area contributed by atoms with Crippen molar-refractivity contribution < 1.29 is 27.4 Å². The van der Waals surface area contributed by atoms with Gasteiger partial charge in [-0.1, -0.05) is 0 Å². The number of ether oxygens (including phenoxy) is 3. The van der Waals surface area contributed by atoms with Gasteiger partial charge in [-0.2, -0.15) is 9.36 Å². The topological polar surface area (TPSA) is 117 Å². The van der Waals surface area contributed by atoms with Crippen molar-refractivity contribution in [3.63, 3.8) is 0 Å². The summed E-state index contributed by atoms with van der Waals surface area (Å²) in [6, 6.07) is 2.93. The Balaban J connectivity index is 2.31. The minimum Gasteiger partial charge on any atom is -0.493 e. The van der Waals surface area contributed by atoms with Crippen LogP contribution < -0.4 is 19.5 Å². The second-order valence-electron chi connectivity index (χ2n) is 4.52. The molecule has 0 unspecified atom stereocenters.